The number of halogens is 1. The highest BCUT2D eigenvalue weighted by atomic mass is 32.2. The predicted molar refractivity (Wildman–Crippen MR) is 97.7 cm³/mol. The Labute approximate surface area is 159 Å². The molecule has 11 heteroatoms. The summed E-state index contributed by atoms with van der Waals surface area (Å²) in [4.78, 5) is 22.1. The summed E-state index contributed by atoms with van der Waals surface area (Å²) in [6.07, 6.45) is 0.166. The van der Waals surface area contributed by atoms with Gasteiger partial charge >= 0.3 is 0 Å². The number of nitro groups is 1. The summed E-state index contributed by atoms with van der Waals surface area (Å²) >= 11 is 0. The van der Waals surface area contributed by atoms with Gasteiger partial charge in [0, 0.05) is 17.0 Å². The zero-order chi connectivity index (χ0) is 20.5. The van der Waals surface area contributed by atoms with Crippen LogP contribution in [0.1, 0.15) is 6.42 Å². The van der Waals surface area contributed by atoms with Gasteiger partial charge in [-0.25, -0.2) is 12.8 Å². The number of amides is 1. The molecule has 0 radical (unpaired) electrons. The van der Waals surface area contributed by atoms with E-state index in [2.05, 4.69) is 10.0 Å². The number of hydrogen-bond donors (Lipinski definition) is 2. The minimum absolute atomic E-state index is 0.0475. The van der Waals surface area contributed by atoms with E-state index in [1.165, 1.54) is 25.3 Å². The third kappa shape index (κ3) is 4.19. The standard InChI is InChI=1S/C17H16FN3O6S/c1-27-16-7-4-11(19-17(22)13-9-15(13)21(23)24)8-14(16)20-28(25,26)12-5-2-10(18)3-6-12/h2-8,13,15,20H,9H2,1H3,(H,19,22)/t13-,15-/m1/s1. The second-order valence-electron chi connectivity index (χ2n) is 6.16. The topological polar surface area (TPSA) is 128 Å². The SMILES string of the molecule is COc1ccc(NC(=O)[C@@H]2C[C@H]2[N+](=O)[O-])cc1NS(=O)(=O)c1ccc(F)cc1. The van der Waals surface area contributed by atoms with Gasteiger partial charge in [0.25, 0.3) is 10.0 Å². The maximum Gasteiger partial charge on any atom is 0.262 e. The summed E-state index contributed by atoms with van der Waals surface area (Å²) in [6, 6.07) is 7.62. The molecule has 1 saturated carbocycles. The van der Waals surface area contributed by atoms with Crippen LogP contribution in [0.3, 0.4) is 0 Å². The molecule has 9 nitrogen and oxygen atoms in total. The highest BCUT2D eigenvalue weighted by Gasteiger charge is 2.53. The van der Waals surface area contributed by atoms with E-state index in [1.807, 2.05) is 0 Å². The molecule has 0 spiro atoms. The number of rotatable bonds is 7. The van der Waals surface area contributed by atoms with Gasteiger partial charge < -0.3 is 10.1 Å². The Balaban J connectivity index is 1.80. The minimum Gasteiger partial charge on any atom is -0.495 e. The summed E-state index contributed by atoms with van der Waals surface area (Å²) in [7, 11) is -2.69. The molecule has 2 atom stereocenters. The highest BCUT2D eigenvalue weighted by molar-refractivity contribution is 7.92. The van der Waals surface area contributed by atoms with Crippen molar-refractivity contribution in [2.45, 2.75) is 17.4 Å². The Kier molecular flexibility index (Phi) is 5.18. The van der Waals surface area contributed by atoms with Crippen LogP contribution in [0.5, 0.6) is 5.75 Å². The first kappa shape index (κ1) is 19.5. The van der Waals surface area contributed by atoms with Crippen molar-refractivity contribution in [3.05, 3.63) is 58.4 Å². The third-order valence-corrected chi connectivity index (χ3v) is 5.58. The molecule has 0 aromatic heterocycles. The minimum atomic E-state index is -4.03. The van der Waals surface area contributed by atoms with Crippen LogP contribution in [0, 0.1) is 21.8 Å². The number of nitrogens with zero attached hydrogens (tertiary/aromatic N) is 1. The zero-order valence-electron chi connectivity index (χ0n) is 14.6. The van der Waals surface area contributed by atoms with Gasteiger partial charge in [-0.15, -0.1) is 0 Å². The molecule has 1 aliphatic carbocycles. The van der Waals surface area contributed by atoms with E-state index >= 15 is 0 Å². The van der Waals surface area contributed by atoms with Gasteiger partial charge in [0.05, 0.1) is 17.7 Å². The number of carbonyl (C=O) groups excluding carboxylic acids is 1. The first-order chi connectivity index (χ1) is 13.2. The van der Waals surface area contributed by atoms with Crippen molar-refractivity contribution in [3.63, 3.8) is 0 Å². The van der Waals surface area contributed by atoms with Crippen molar-refractivity contribution in [3.8, 4) is 5.75 Å². The van der Waals surface area contributed by atoms with Gasteiger partial charge in [0.1, 0.15) is 17.5 Å². The lowest BCUT2D eigenvalue weighted by molar-refractivity contribution is -0.497. The van der Waals surface area contributed by atoms with Gasteiger partial charge in [0.2, 0.25) is 11.9 Å². The van der Waals surface area contributed by atoms with Crippen molar-refractivity contribution in [1.82, 2.24) is 0 Å². The Bertz CT molecular complexity index is 1030. The quantitative estimate of drug-likeness (QED) is 0.533. The predicted octanol–water partition coefficient (Wildman–Crippen LogP) is 2.24. The Morgan fingerprint density at radius 1 is 1.25 bits per heavy atom. The molecule has 0 aliphatic heterocycles. The zero-order valence-corrected chi connectivity index (χ0v) is 15.4. The number of methoxy groups -OCH3 is 1. The number of hydrogen-bond acceptors (Lipinski definition) is 6. The van der Waals surface area contributed by atoms with E-state index < -0.39 is 38.6 Å². The van der Waals surface area contributed by atoms with Gasteiger partial charge in [-0.1, -0.05) is 0 Å². The van der Waals surface area contributed by atoms with Crippen LogP contribution >= 0.6 is 0 Å². The van der Waals surface area contributed by atoms with Gasteiger partial charge in [-0.05, 0) is 42.5 Å². The average molecular weight is 409 g/mol. The van der Waals surface area contributed by atoms with Crippen molar-refractivity contribution in [1.29, 1.82) is 0 Å². The normalized spacial score (nSPS) is 18.2. The van der Waals surface area contributed by atoms with E-state index in [4.69, 9.17) is 4.74 Å². The van der Waals surface area contributed by atoms with Crippen LogP contribution in [-0.4, -0.2) is 32.4 Å². The third-order valence-electron chi connectivity index (χ3n) is 4.20. The average Bonchev–Trinajstić information content (AvgIpc) is 3.43. The Morgan fingerprint density at radius 3 is 2.50 bits per heavy atom. The number of ether oxygens (including phenoxy) is 1. The van der Waals surface area contributed by atoms with E-state index in [0.717, 1.165) is 24.3 Å². The molecule has 1 aliphatic rings. The lowest BCUT2D eigenvalue weighted by atomic mass is 10.2. The van der Waals surface area contributed by atoms with Crippen LogP contribution in [0.2, 0.25) is 0 Å². The maximum atomic E-state index is 13.0. The highest BCUT2D eigenvalue weighted by Crippen LogP contribution is 2.35. The second kappa shape index (κ2) is 7.43. The summed E-state index contributed by atoms with van der Waals surface area (Å²) in [5, 5.41) is 13.2. The fourth-order valence-corrected chi connectivity index (χ4v) is 3.68. The summed E-state index contributed by atoms with van der Waals surface area (Å²) in [6.45, 7) is 0. The monoisotopic (exact) mass is 409 g/mol. The van der Waals surface area contributed by atoms with Crippen molar-refractivity contribution in [2.24, 2.45) is 5.92 Å². The molecule has 0 unspecified atom stereocenters. The van der Waals surface area contributed by atoms with E-state index in [9.17, 15) is 27.7 Å². The smallest absolute Gasteiger partial charge is 0.262 e. The molecular formula is C17H16FN3O6S. The largest absolute Gasteiger partial charge is 0.495 e. The summed E-state index contributed by atoms with van der Waals surface area (Å²) in [5.74, 6) is -1.61. The number of anilines is 2. The number of carbonyl (C=O) groups is 1. The molecule has 2 aromatic carbocycles. The summed E-state index contributed by atoms with van der Waals surface area (Å²) in [5.41, 5.74) is 0.294. The molecule has 2 aromatic rings. The fourth-order valence-electron chi connectivity index (χ4n) is 2.61. The van der Waals surface area contributed by atoms with Gasteiger partial charge in [-0.2, -0.15) is 0 Å². The summed E-state index contributed by atoms with van der Waals surface area (Å²) < 4.78 is 45.5. The molecule has 1 amide bonds. The van der Waals surface area contributed by atoms with Crippen LogP contribution in [0.4, 0.5) is 15.8 Å². The molecule has 0 bridgehead atoms. The Hall–Kier alpha value is -3.21. The van der Waals surface area contributed by atoms with E-state index in [0.29, 0.717) is 0 Å². The van der Waals surface area contributed by atoms with Crippen molar-refractivity contribution in [2.75, 3.05) is 17.1 Å². The van der Waals surface area contributed by atoms with Crippen LogP contribution in [-0.2, 0) is 14.8 Å². The first-order valence-electron chi connectivity index (χ1n) is 8.12. The van der Waals surface area contributed by atoms with E-state index in [1.54, 1.807) is 0 Å². The number of nitrogens with one attached hydrogen (secondary N) is 2. The number of benzene rings is 2. The first-order valence-corrected chi connectivity index (χ1v) is 9.60. The van der Waals surface area contributed by atoms with Gasteiger partial charge in [-0.3, -0.25) is 19.6 Å². The fraction of sp³-hybridized carbons (Fsp3) is 0.235. The molecule has 0 heterocycles. The van der Waals surface area contributed by atoms with Crippen LogP contribution < -0.4 is 14.8 Å². The molecule has 148 valence electrons. The van der Waals surface area contributed by atoms with E-state index in [-0.39, 0.29) is 28.4 Å². The lowest BCUT2D eigenvalue weighted by Crippen LogP contribution is -2.19. The molecule has 3 rings (SSSR count). The van der Waals surface area contributed by atoms with Crippen molar-refractivity contribution >= 4 is 27.3 Å². The maximum absolute atomic E-state index is 13.0. The Morgan fingerprint density at radius 2 is 1.93 bits per heavy atom. The molecule has 2 N–H and O–H groups in total. The number of sulfonamides is 1. The molecular weight excluding hydrogens is 393 g/mol. The second-order valence-corrected chi connectivity index (χ2v) is 7.84. The molecule has 1 fully saturated rings. The van der Waals surface area contributed by atoms with Gasteiger partial charge in [0.15, 0.2) is 0 Å². The van der Waals surface area contributed by atoms with Crippen LogP contribution in [0.25, 0.3) is 0 Å². The lowest BCUT2D eigenvalue weighted by Gasteiger charge is -2.14. The van der Waals surface area contributed by atoms with Crippen LogP contribution in [0.15, 0.2) is 47.4 Å². The molecule has 28 heavy (non-hydrogen) atoms. The van der Waals surface area contributed by atoms with Crippen molar-refractivity contribution < 1.29 is 27.3 Å². The molecule has 0 saturated heterocycles.